The second-order valence-electron chi connectivity index (χ2n) is 4.27. The molecule has 0 saturated heterocycles. The molecule has 19 heavy (non-hydrogen) atoms. The number of aryl methyl sites for hydroxylation is 1. The SMILES string of the molecule is Cc1cc(F)ccc1C(=O)Cc1cccc(F)c1F. The third-order valence-corrected chi connectivity index (χ3v) is 2.87. The largest absolute Gasteiger partial charge is 0.294 e. The zero-order chi connectivity index (χ0) is 14.0. The van der Waals surface area contributed by atoms with E-state index in [2.05, 4.69) is 0 Å². The predicted octanol–water partition coefficient (Wildman–Crippen LogP) is 3.84. The minimum absolute atomic E-state index is 0.00581. The van der Waals surface area contributed by atoms with E-state index in [0.717, 1.165) is 6.07 Å². The van der Waals surface area contributed by atoms with E-state index in [1.165, 1.54) is 30.3 Å². The molecular formula is C15H11F3O. The van der Waals surface area contributed by atoms with Crippen molar-refractivity contribution in [3.8, 4) is 0 Å². The molecule has 0 amide bonds. The molecule has 1 nitrogen and oxygen atoms in total. The van der Waals surface area contributed by atoms with Gasteiger partial charge in [0.15, 0.2) is 17.4 Å². The topological polar surface area (TPSA) is 17.1 Å². The molecule has 2 aromatic rings. The zero-order valence-electron chi connectivity index (χ0n) is 10.2. The molecular weight excluding hydrogens is 253 g/mol. The molecule has 0 N–H and O–H groups in total. The van der Waals surface area contributed by atoms with Crippen LogP contribution in [-0.2, 0) is 6.42 Å². The second-order valence-corrected chi connectivity index (χ2v) is 4.27. The van der Waals surface area contributed by atoms with Crippen LogP contribution in [0.2, 0.25) is 0 Å². The van der Waals surface area contributed by atoms with Crippen molar-refractivity contribution in [2.24, 2.45) is 0 Å². The Morgan fingerprint density at radius 1 is 1.11 bits per heavy atom. The molecule has 0 bridgehead atoms. The van der Waals surface area contributed by atoms with Crippen molar-refractivity contribution in [3.63, 3.8) is 0 Å². The molecule has 0 aliphatic heterocycles. The van der Waals surface area contributed by atoms with Crippen LogP contribution in [0.25, 0.3) is 0 Å². The average Bonchev–Trinajstić information content (AvgIpc) is 2.34. The molecule has 0 saturated carbocycles. The van der Waals surface area contributed by atoms with Crippen molar-refractivity contribution < 1.29 is 18.0 Å². The maximum Gasteiger partial charge on any atom is 0.167 e. The van der Waals surface area contributed by atoms with Gasteiger partial charge in [-0.05, 0) is 42.3 Å². The van der Waals surface area contributed by atoms with Gasteiger partial charge in [0.1, 0.15) is 5.82 Å². The lowest BCUT2D eigenvalue weighted by Crippen LogP contribution is -2.08. The number of carbonyl (C=O) groups excluding carboxylic acids is 1. The minimum Gasteiger partial charge on any atom is -0.294 e. The van der Waals surface area contributed by atoms with Crippen LogP contribution in [0.3, 0.4) is 0 Å². The maximum absolute atomic E-state index is 13.5. The Labute approximate surface area is 108 Å². The highest BCUT2D eigenvalue weighted by atomic mass is 19.2. The number of benzene rings is 2. The minimum atomic E-state index is -1.02. The summed E-state index contributed by atoms with van der Waals surface area (Å²) in [6.45, 7) is 1.60. The van der Waals surface area contributed by atoms with E-state index < -0.39 is 17.5 Å². The summed E-state index contributed by atoms with van der Waals surface area (Å²) >= 11 is 0. The molecule has 0 radical (unpaired) electrons. The van der Waals surface area contributed by atoms with Gasteiger partial charge in [0.25, 0.3) is 0 Å². The highest BCUT2D eigenvalue weighted by molar-refractivity contribution is 5.98. The molecule has 0 atom stereocenters. The molecule has 0 heterocycles. The summed E-state index contributed by atoms with van der Waals surface area (Å²) < 4.78 is 39.4. The van der Waals surface area contributed by atoms with Gasteiger partial charge in [-0.1, -0.05) is 12.1 Å². The van der Waals surface area contributed by atoms with Crippen molar-refractivity contribution >= 4 is 5.78 Å². The second kappa shape index (κ2) is 5.26. The van der Waals surface area contributed by atoms with E-state index in [-0.39, 0.29) is 17.8 Å². The number of carbonyl (C=O) groups is 1. The van der Waals surface area contributed by atoms with Crippen molar-refractivity contribution in [1.82, 2.24) is 0 Å². The smallest absolute Gasteiger partial charge is 0.167 e. The van der Waals surface area contributed by atoms with Crippen LogP contribution >= 0.6 is 0 Å². The first-order chi connectivity index (χ1) is 8.99. The summed E-state index contributed by atoms with van der Waals surface area (Å²) in [6.07, 6.45) is -0.254. The van der Waals surface area contributed by atoms with Gasteiger partial charge in [0.2, 0.25) is 0 Å². The van der Waals surface area contributed by atoms with Crippen molar-refractivity contribution in [3.05, 3.63) is 70.5 Å². The fourth-order valence-corrected chi connectivity index (χ4v) is 1.89. The standard InChI is InChI=1S/C15H11F3O/c1-9-7-11(16)5-6-12(9)14(19)8-10-3-2-4-13(17)15(10)18/h2-7H,8H2,1H3. The van der Waals surface area contributed by atoms with Crippen LogP contribution in [0.5, 0.6) is 0 Å². The predicted molar refractivity (Wildman–Crippen MR) is 65.5 cm³/mol. The molecule has 0 aliphatic rings. The third-order valence-electron chi connectivity index (χ3n) is 2.87. The van der Waals surface area contributed by atoms with Gasteiger partial charge >= 0.3 is 0 Å². The monoisotopic (exact) mass is 264 g/mol. The zero-order valence-corrected chi connectivity index (χ0v) is 10.2. The molecule has 98 valence electrons. The van der Waals surface area contributed by atoms with Crippen molar-refractivity contribution in [2.75, 3.05) is 0 Å². The van der Waals surface area contributed by atoms with E-state index in [9.17, 15) is 18.0 Å². The summed E-state index contributed by atoms with van der Waals surface area (Å²) in [5.74, 6) is -2.82. The van der Waals surface area contributed by atoms with E-state index in [4.69, 9.17) is 0 Å². The van der Waals surface area contributed by atoms with Gasteiger partial charge in [-0.15, -0.1) is 0 Å². The molecule has 2 rings (SSSR count). The first-order valence-electron chi connectivity index (χ1n) is 5.71. The lowest BCUT2D eigenvalue weighted by atomic mass is 9.99. The number of rotatable bonds is 3. The van der Waals surface area contributed by atoms with E-state index in [1.807, 2.05) is 0 Å². The summed E-state index contributed by atoms with van der Waals surface area (Å²) in [7, 11) is 0. The number of halogens is 3. The fraction of sp³-hybridized carbons (Fsp3) is 0.133. The van der Waals surface area contributed by atoms with Gasteiger partial charge in [0, 0.05) is 12.0 Å². The Morgan fingerprint density at radius 3 is 2.53 bits per heavy atom. The van der Waals surface area contributed by atoms with Crippen LogP contribution in [0.15, 0.2) is 36.4 Å². The van der Waals surface area contributed by atoms with Gasteiger partial charge in [-0.2, -0.15) is 0 Å². The third kappa shape index (κ3) is 2.84. The Kier molecular flexibility index (Phi) is 3.69. The van der Waals surface area contributed by atoms with Crippen molar-refractivity contribution in [2.45, 2.75) is 13.3 Å². The van der Waals surface area contributed by atoms with Gasteiger partial charge < -0.3 is 0 Å². The summed E-state index contributed by atoms with van der Waals surface area (Å²) in [6, 6.07) is 7.45. The normalized spacial score (nSPS) is 10.5. The number of hydrogen-bond donors (Lipinski definition) is 0. The number of hydrogen-bond acceptors (Lipinski definition) is 1. The van der Waals surface area contributed by atoms with Crippen LogP contribution in [-0.4, -0.2) is 5.78 Å². The fourth-order valence-electron chi connectivity index (χ4n) is 1.89. The quantitative estimate of drug-likeness (QED) is 0.770. The summed E-state index contributed by atoms with van der Waals surface area (Å²) in [5, 5.41) is 0. The van der Waals surface area contributed by atoms with E-state index in [1.54, 1.807) is 6.92 Å². The summed E-state index contributed by atoms with van der Waals surface area (Å²) in [4.78, 5) is 12.0. The van der Waals surface area contributed by atoms with Crippen molar-refractivity contribution in [1.29, 1.82) is 0 Å². The van der Waals surface area contributed by atoms with Crippen LogP contribution in [0.4, 0.5) is 13.2 Å². The van der Waals surface area contributed by atoms with Gasteiger partial charge in [0.05, 0.1) is 0 Å². The Balaban J connectivity index is 2.28. The van der Waals surface area contributed by atoms with E-state index >= 15 is 0 Å². The molecule has 0 aromatic heterocycles. The molecule has 4 heteroatoms. The molecule has 0 unspecified atom stereocenters. The molecule has 0 aliphatic carbocycles. The Hall–Kier alpha value is -2.10. The first-order valence-corrected chi connectivity index (χ1v) is 5.71. The number of Topliss-reactive ketones (excluding diaryl/α,β-unsaturated/α-hetero) is 1. The Bertz CT molecular complexity index is 635. The van der Waals surface area contributed by atoms with Crippen LogP contribution < -0.4 is 0 Å². The highest BCUT2D eigenvalue weighted by Gasteiger charge is 2.15. The summed E-state index contributed by atoms with van der Waals surface area (Å²) in [5.41, 5.74) is 0.778. The number of ketones is 1. The highest BCUT2D eigenvalue weighted by Crippen LogP contribution is 2.17. The van der Waals surface area contributed by atoms with Crippen LogP contribution in [0, 0.1) is 24.4 Å². The lowest BCUT2D eigenvalue weighted by Gasteiger charge is -2.06. The Morgan fingerprint density at radius 2 is 1.84 bits per heavy atom. The average molecular weight is 264 g/mol. The molecule has 2 aromatic carbocycles. The van der Waals surface area contributed by atoms with Crippen LogP contribution in [0.1, 0.15) is 21.5 Å². The lowest BCUT2D eigenvalue weighted by molar-refractivity contribution is 0.0991. The maximum atomic E-state index is 13.5. The van der Waals surface area contributed by atoms with E-state index in [0.29, 0.717) is 11.1 Å². The van der Waals surface area contributed by atoms with Gasteiger partial charge in [-0.3, -0.25) is 4.79 Å². The molecule has 0 spiro atoms. The first kappa shape index (κ1) is 13.3. The van der Waals surface area contributed by atoms with Gasteiger partial charge in [-0.25, -0.2) is 13.2 Å². The molecule has 0 fully saturated rings.